The number of hydrogen-bond donors (Lipinski definition) is 0. The summed E-state index contributed by atoms with van der Waals surface area (Å²) in [5, 5.41) is 0. The quantitative estimate of drug-likeness (QED) is 0.775. The van der Waals surface area contributed by atoms with Gasteiger partial charge in [0.1, 0.15) is 6.04 Å². The van der Waals surface area contributed by atoms with E-state index in [1.54, 1.807) is 0 Å². The first-order valence-corrected chi connectivity index (χ1v) is 6.68. The minimum absolute atomic E-state index is 0.103. The molecule has 1 fully saturated rings. The first-order valence-electron chi connectivity index (χ1n) is 6.68. The van der Waals surface area contributed by atoms with Crippen LogP contribution in [0.3, 0.4) is 0 Å². The van der Waals surface area contributed by atoms with Crippen LogP contribution in [-0.2, 0) is 14.3 Å². The topological polar surface area (TPSA) is 38.8 Å². The molecule has 0 N–H and O–H groups in total. The van der Waals surface area contributed by atoms with Crippen LogP contribution in [0.2, 0.25) is 0 Å². The fourth-order valence-electron chi connectivity index (χ4n) is 2.58. The lowest BCUT2D eigenvalue weighted by Gasteiger charge is -2.36. The third kappa shape index (κ3) is 3.33. The van der Waals surface area contributed by atoms with Crippen molar-refractivity contribution in [1.29, 1.82) is 0 Å². The van der Waals surface area contributed by atoms with Gasteiger partial charge in [0.15, 0.2) is 0 Å². The summed E-state index contributed by atoms with van der Waals surface area (Å²) in [4.78, 5) is 14.3. The van der Waals surface area contributed by atoms with Gasteiger partial charge in [-0.25, -0.2) is 0 Å². The lowest BCUT2D eigenvalue weighted by Crippen LogP contribution is -2.50. The maximum atomic E-state index is 12.1. The molecule has 0 amide bonds. The first kappa shape index (κ1) is 14.0. The molecule has 1 aliphatic heterocycles. The molecular formula is C15H21NO3. The lowest BCUT2D eigenvalue weighted by atomic mass is 9.92. The summed E-state index contributed by atoms with van der Waals surface area (Å²) >= 11 is 0. The Bertz CT molecular complexity index is 401. The number of morpholine rings is 1. The zero-order valence-corrected chi connectivity index (χ0v) is 11.5. The number of carbonyl (C=O) groups is 1. The predicted molar refractivity (Wildman–Crippen MR) is 73.1 cm³/mol. The number of nitrogens with zero attached hydrogens (tertiary/aromatic N) is 1. The van der Waals surface area contributed by atoms with E-state index in [4.69, 9.17) is 9.47 Å². The second kappa shape index (κ2) is 6.68. The van der Waals surface area contributed by atoms with Crippen molar-refractivity contribution in [1.82, 2.24) is 4.90 Å². The first-order chi connectivity index (χ1) is 9.24. The van der Waals surface area contributed by atoms with Crippen molar-refractivity contribution in [3.63, 3.8) is 0 Å². The van der Waals surface area contributed by atoms with E-state index < -0.39 is 0 Å². The van der Waals surface area contributed by atoms with E-state index >= 15 is 0 Å². The van der Waals surface area contributed by atoms with Crippen molar-refractivity contribution in [3.05, 3.63) is 35.9 Å². The van der Waals surface area contributed by atoms with Crippen LogP contribution in [0.15, 0.2) is 30.3 Å². The molecule has 1 heterocycles. The van der Waals surface area contributed by atoms with Crippen molar-refractivity contribution in [2.24, 2.45) is 0 Å². The van der Waals surface area contributed by atoms with Crippen LogP contribution in [0, 0.1) is 0 Å². The smallest absolute Gasteiger partial charge is 0.323 e. The molecule has 2 rings (SSSR count). The second-order valence-electron chi connectivity index (χ2n) is 4.82. The predicted octanol–water partition coefficient (Wildman–Crippen LogP) is 1.66. The Morgan fingerprint density at radius 3 is 2.47 bits per heavy atom. The van der Waals surface area contributed by atoms with Gasteiger partial charge in [0.05, 0.1) is 20.3 Å². The molecule has 2 atom stereocenters. The minimum Gasteiger partial charge on any atom is -0.468 e. The van der Waals surface area contributed by atoms with E-state index in [9.17, 15) is 4.79 Å². The van der Waals surface area contributed by atoms with Crippen molar-refractivity contribution >= 4 is 5.97 Å². The molecule has 1 aromatic carbocycles. The third-order valence-corrected chi connectivity index (χ3v) is 3.68. The molecule has 4 nitrogen and oxygen atoms in total. The summed E-state index contributed by atoms with van der Waals surface area (Å²) < 4.78 is 10.3. The molecule has 0 radical (unpaired) electrons. The van der Waals surface area contributed by atoms with Gasteiger partial charge < -0.3 is 9.47 Å². The molecule has 0 bridgehead atoms. The summed E-state index contributed by atoms with van der Waals surface area (Å²) in [6, 6.07) is 9.86. The Labute approximate surface area is 114 Å². The maximum Gasteiger partial charge on any atom is 0.323 e. The van der Waals surface area contributed by atoms with Crippen LogP contribution in [-0.4, -0.2) is 50.3 Å². The summed E-state index contributed by atoms with van der Waals surface area (Å²) in [5.74, 6) is -0.0648. The lowest BCUT2D eigenvalue weighted by molar-refractivity contribution is -0.149. The molecule has 4 heteroatoms. The molecule has 1 unspecified atom stereocenters. The van der Waals surface area contributed by atoms with E-state index in [1.807, 2.05) is 18.2 Å². The zero-order chi connectivity index (χ0) is 13.7. The summed E-state index contributed by atoms with van der Waals surface area (Å²) in [7, 11) is 1.45. The molecule has 104 valence electrons. The van der Waals surface area contributed by atoms with Crippen LogP contribution >= 0.6 is 0 Å². The van der Waals surface area contributed by atoms with Crippen LogP contribution in [0.25, 0.3) is 0 Å². The molecule has 19 heavy (non-hydrogen) atoms. The number of benzene rings is 1. The van der Waals surface area contributed by atoms with Crippen molar-refractivity contribution in [2.45, 2.75) is 18.9 Å². The van der Waals surface area contributed by atoms with Gasteiger partial charge in [0, 0.05) is 19.0 Å². The number of carbonyl (C=O) groups excluding carboxylic acids is 1. The SMILES string of the molecule is COC(=O)C([C@@H](C)c1ccccc1)N1CCOCC1. The average molecular weight is 263 g/mol. The van der Waals surface area contributed by atoms with Crippen LogP contribution < -0.4 is 0 Å². The average Bonchev–Trinajstić information content (AvgIpc) is 2.49. The highest BCUT2D eigenvalue weighted by atomic mass is 16.5. The Morgan fingerprint density at radius 1 is 1.26 bits per heavy atom. The monoisotopic (exact) mass is 263 g/mol. The Balaban J connectivity index is 2.19. The number of methoxy groups -OCH3 is 1. The number of ether oxygens (including phenoxy) is 2. The van der Waals surface area contributed by atoms with E-state index in [0.29, 0.717) is 13.2 Å². The molecule has 1 aliphatic rings. The molecule has 1 saturated heterocycles. The highest BCUT2D eigenvalue weighted by molar-refractivity contribution is 5.77. The second-order valence-corrected chi connectivity index (χ2v) is 4.82. The summed E-state index contributed by atoms with van der Waals surface area (Å²) in [6.45, 7) is 4.98. The fraction of sp³-hybridized carbons (Fsp3) is 0.533. The Morgan fingerprint density at radius 2 is 1.89 bits per heavy atom. The van der Waals surface area contributed by atoms with Gasteiger partial charge in [-0.15, -0.1) is 0 Å². The van der Waals surface area contributed by atoms with Crippen LogP contribution in [0.4, 0.5) is 0 Å². The van der Waals surface area contributed by atoms with E-state index in [0.717, 1.165) is 18.7 Å². The Hall–Kier alpha value is -1.39. The molecule has 0 spiro atoms. The summed E-state index contributed by atoms with van der Waals surface area (Å²) in [6.07, 6.45) is 0. The molecule has 0 saturated carbocycles. The largest absolute Gasteiger partial charge is 0.468 e. The third-order valence-electron chi connectivity index (χ3n) is 3.68. The van der Waals surface area contributed by atoms with E-state index in [2.05, 4.69) is 24.0 Å². The minimum atomic E-state index is -0.240. The van der Waals surface area contributed by atoms with Gasteiger partial charge in [0.25, 0.3) is 0 Å². The fourth-order valence-corrected chi connectivity index (χ4v) is 2.58. The van der Waals surface area contributed by atoms with E-state index in [1.165, 1.54) is 7.11 Å². The van der Waals surface area contributed by atoms with Crippen molar-refractivity contribution in [2.75, 3.05) is 33.4 Å². The molecular weight excluding hydrogens is 242 g/mol. The molecule has 0 aromatic heterocycles. The van der Waals surface area contributed by atoms with Gasteiger partial charge in [-0.1, -0.05) is 37.3 Å². The van der Waals surface area contributed by atoms with Crippen molar-refractivity contribution in [3.8, 4) is 0 Å². The normalized spacial score (nSPS) is 19.7. The number of hydrogen-bond acceptors (Lipinski definition) is 4. The Kier molecular flexibility index (Phi) is 4.93. The van der Waals surface area contributed by atoms with Crippen LogP contribution in [0.5, 0.6) is 0 Å². The maximum absolute atomic E-state index is 12.1. The molecule has 0 aliphatic carbocycles. The molecule has 1 aromatic rings. The zero-order valence-electron chi connectivity index (χ0n) is 11.5. The van der Waals surface area contributed by atoms with Gasteiger partial charge >= 0.3 is 5.97 Å². The van der Waals surface area contributed by atoms with Crippen LogP contribution in [0.1, 0.15) is 18.4 Å². The van der Waals surface area contributed by atoms with Crippen molar-refractivity contribution < 1.29 is 14.3 Å². The number of rotatable bonds is 4. The van der Waals surface area contributed by atoms with Gasteiger partial charge in [-0.2, -0.15) is 0 Å². The highest BCUT2D eigenvalue weighted by Crippen LogP contribution is 2.24. The standard InChI is InChI=1S/C15H21NO3/c1-12(13-6-4-3-5-7-13)14(15(17)18-2)16-8-10-19-11-9-16/h3-7,12,14H,8-11H2,1-2H3/t12-,14?/m0/s1. The number of esters is 1. The van der Waals surface area contributed by atoms with Gasteiger partial charge in [0.2, 0.25) is 0 Å². The van der Waals surface area contributed by atoms with E-state index in [-0.39, 0.29) is 17.9 Å². The van der Waals surface area contributed by atoms with Gasteiger partial charge in [-0.05, 0) is 5.56 Å². The van der Waals surface area contributed by atoms with Gasteiger partial charge in [-0.3, -0.25) is 9.69 Å². The highest BCUT2D eigenvalue weighted by Gasteiger charge is 2.33. The summed E-state index contributed by atoms with van der Waals surface area (Å²) in [5.41, 5.74) is 1.16.